The first-order chi connectivity index (χ1) is 11.7. The van der Waals surface area contributed by atoms with E-state index in [1.807, 2.05) is 18.2 Å². The number of methoxy groups -OCH3 is 1. The fourth-order valence-electron chi connectivity index (χ4n) is 3.63. The number of amides is 1. The molecule has 0 bridgehead atoms. The van der Waals surface area contributed by atoms with Crippen molar-refractivity contribution in [2.24, 2.45) is 0 Å². The summed E-state index contributed by atoms with van der Waals surface area (Å²) in [7, 11) is 1.65. The summed E-state index contributed by atoms with van der Waals surface area (Å²) in [5, 5.41) is 9.73. The van der Waals surface area contributed by atoms with E-state index in [4.69, 9.17) is 9.47 Å². The van der Waals surface area contributed by atoms with E-state index in [9.17, 15) is 4.79 Å². The molecule has 0 unspecified atom stereocenters. The normalized spacial score (nSPS) is 20.5. The standard InChI is InChI=1S/C18H21N3O3/c1-23-15-7-6-11(8-16(15)24-12-4-2-3-5-12)13-9-17(22)20-18-14(13)10-19-21-18/h6-8,10,12-13H,2-5,9H2,1H3,(H2,19,20,21,22)/t13-/m1/s1. The van der Waals surface area contributed by atoms with Gasteiger partial charge < -0.3 is 14.8 Å². The van der Waals surface area contributed by atoms with Crippen LogP contribution in [0.1, 0.15) is 49.1 Å². The van der Waals surface area contributed by atoms with Gasteiger partial charge >= 0.3 is 0 Å². The number of rotatable bonds is 4. The van der Waals surface area contributed by atoms with Crippen molar-refractivity contribution < 1.29 is 14.3 Å². The number of carbonyl (C=O) groups is 1. The third kappa shape index (κ3) is 2.72. The number of H-pyrrole nitrogens is 1. The molecule has 1 aromatic heterocycles. The zero-order valence-electron chi connectivity index (χ0n) is 13.7. The van der Waals surface area contributed by atoms with Crippen LogP contribution in [-0.2, 0) is 4.79 Å². The molecule has 4 rings (SSSR count). The van der Waals surface area contributed by atoms with Gasteiger partial charge in [-0.2, -0.15) is 5.10 Å². The average molecular weight is 327 g/mol. The van der Waals surface area contributed by atoms with Crippen molar-refractivity contribution in [2.45, 2.75) is 44.1 Å². The second-order valence-electron chi connectivity index (χ2n) is 6.44. The van der Waals surface area contributed by atoms with Gasteiger partial charge in [0.1, 0.15) is 5.82 Å². The van der Waals surface area contributed by atoms with Crippen LogP contribution in [0.25, 0.3) is 0 Å². The van der Waals surface area contributed by atoms with Crippen LogP contribution < -0.4 is 14.8 Å². The first-order valence-corrected chi connectivity index (χ1v) is 8.42. The minimum Gasteiger partial charge on any atom is -0.493 e. The number of anilines is 1. The number of nitrogens with zero attached hydrogens (tertiary/aromatic N) is 1. The third-order valence-corrected chi connectivity index (χ3v) is 4.88. The molecule has 1 aliphatic heterocycles. The maximum Gasteiger partial charge on any atom is 0.226 e. The van der Waals surface area contributed by atoms with Gasteiger partial charge in [-0.25, -0.2) is 0 Å². The Balaban J connectivity index is 1.67. The number of benzene rings is 1. The number of carbonyl (C=O) groups excluding carboxylic acids is 1. The third-order valence-electron chi connectivity index (χ3n) is 4.88. The van der Waals surface area contributed by atoms with Crippen molar-refractivity contribution in [3.8, 4) is 11.5 Å². The average Bonchev–Trinajstić information content (AvgIpc) is 3.25. The molecule has 2 aliphatic rings. The molecule has 1 atom stereocenters. The number of fused-ring (bicyclic) bond motifs is 1. The topological polar surface area (TPSA) is 76.2 Å². The number of aromatic amines is 1. The van der Waals surface area contributed by atoms with Gasteiger partial charge in [-0.3, -0.25) is 9.89 Å². The molecule has 1 aliphatic carbocycles. The molecule has 24 heavy (non-hydrogen) atoms. The lowest BCUT2D eigenvalue weighted by Crippen LogP contribution is -2.23. The fraction of sp³-hybridized carbons (Fsp3) is 0.444. The minimum atomic E-state index is -0.0238. The molecule has 2 aromatic rings. The summed E-state index contributed by atoms with van der Waals surface area (Å²) in [6, 6.07) is 5.93. The number of hydrogen-bond donors (Lipinski definition) is 2. The molecule has 0 saturated heterocycles. The Morgan fingerprint density at radius 3 is 2.83 bits per heavy atom. The maximum absolute atomic E-state index is 12.0. The maximum atomic E-state index is 12.0. The summed E-state index contributed by atoms with van der Waals surface area (Å²) in [6.45, 7) is 0. The Hall–Kier alpha value is -2.50. The molecule has 0 spiro atoms. The summed E-state index contributed by atoms with van der Waals surface area (Å²) >= 11 is 0. The number of hydrogen-bond acceptors (Lipinski definition) is 4. The predicted octanol–water partition coefficient (Wildman–Crippen LogP) is 3.21. The Morgan fingerprint density at radius 2 is 2.04 bits per heavy atom. The van der Waals surface area contributed by atoms with E-state index in [1.165, 1.54) is 12.8 Å². The molecule has 1 amide bonds. The monoisotopic (exact) mass is 327 g/mol. The highest BCUT2D eigenvalue weighted by molar-refractivity contribution is 5.94. The first-order valence-electron chi connectivity index (χ1n) is 8.42. The van der Waals surface area contributed by atoms with E-state index in [2.05, 4.69) is 15.5 Å². The van der Waals surface area contributed by atoms with Gasteiger partial charge in [-0.1, -0.05) is 6.07 Å². The van der Waals surface area contributed by atoms with Gasteiger partial charge in [0.05, 0.1) is 19.4 Å². The van der Waals surface area contributed by atoms with Crippen LogP contribution in [0.5, 0.6) is 11.5 Å². The lowest BCUT2D eigenvalue weighted by molar-refractivity contribution is -0.116. The smallest absolute Gasteiger partial charge is 0.226 e. The molecular formula is C18H21N3O3. The van der Waals surface area contributed by atoms with Crippen LogP contribution in [0.2, 0.25) is 0 Å². The van der Waals surface area contributed by atoms with E-state index in [0.717, 1.165) is 35.5 Å². The van der Waals surface area contributed by atoms with E-state index < -0.39 is 0 Å². The number of aromatic nitrogens is 2. The summed E-state index contributed by atoms with van der Waals surface area (Å²) in [5.41, 5.74) is 2.05. The Bertz CT molecular complexity index is 750. The fourth-order valence-corrected chi connectivity index (χ4v) is 3.63. The van der Waals surface area contributed by atoms with Crippen LogP contribution in [-0.4, -0.2) is 29.3 Å². The quantitative estimate of drug-likeness (QED) is 0.904. The Morgan fingerprint density at radius 1 is 1.21 bits per heavy atom. The zero-order chi connectivity index (χ0) is 16.5. The van der Waals surface area contributed by atoms with Crippen molar-refractivity contribution in [2.75, 3.05) is 12.4 Å². The molecule has 0 radical (unpaired) electrons. The lowest BCUT2D eigenvalue weighted by Gasteiger charge is -2.24. The SMILES string of the molecule is COc1ccc([C@H]2CC(=O)Nc3[nH]ncc32)cc1OC1CCCC1. The largest absolute Gasteiger partial charge is 0.493 e. The van der Waals surface area contributed by atoms with Crippen molar-refractivity contribution in [1.82, 2.24) is 10.2 Å². The summed E-state index contributed by atoms with van der Waals surface area (Å²) in [4.78, 5) is 12.0. The van der Waals surface area contributed by atoms with E-state index in [-0.39, 0.29) is 17.9 Å². The van der Waals surface area contributed by atoms with Crippen LogP contribution in [0.15, 0.2) is 24.4 Å². The minimum absolute atomic E-state index is 0.00849. The van der Waals surface area contributed by atoms with Gasteiger partial charge in [0, 0.05) is 17.9 Å². The summed E-state index contributed by atoms with van der Waals surface area (Å²) in [6.07, 6.45) is 7.05. The van der Waals surface area contributed by atoms with E-state index in [1.54, 1.807) is 13.3 Å². The predicted molar refractivity (Wildman–Crippen MR) is 89.6 cm³/mol. The van der Waals surface area contributed by atoms with Gasteiger partial charge in [-0.05, 0) is 43.4 Å². The van der Waals surface area contributed by atoms with Crippen LogP contribution in [0.4, 0.5) is 5.82 Å². The highest BCUT2D eigenvalue weighted by Crippen LogP contribution is 2.40. The molecular weight excluding hydrogens is 306 g/mol. The summed E-state index contributed by atoms with van der Waals surface area (Å²) < 4.78 is 11.6. The molecule has 6 nitrogen and oxygen atoms in total. The highest BCUT2D eigenvalue weighted by atomic mass is 16.5. The number of ether oxygens (including phenoxy) is 2. The molecule has 1 saturated carbocycles. The van der Waals surface area contributed by atoms with Gasteiger partial charge in [-0.15, -0.1) is 0 Å². The van der Waals surface area contributed by atoms with Crippen molar-refractivity contribution >= 4 is 11.7 Å². The lowest BCUT2D eigenvalue weighted by atomic mass is 9.87. The Kier molecular flexibility index (Phi) is 3.88. The Labute approximate surface area is 140 Å². The van der Waals surface area contributed by atoms with E-state index >= 15 is 0 Å². The first kappa shape index (κ1) is 15.1. The van der Waals surface area contributed by atoms with Crippen molar-refractivity contribution in [3.05, 3.63) is 35.5 Å². The van der Waals surface area contributed by atoms with Gasteiger partial charge in [0.15, 0.2) is 11.5 Å². The van der Waals surface area contributed by atoms with E-state index in [0.29, 0.717) is 12.2 Å². The molecule has 2 N–H and O–H groups in total. The molecule has 1 fully saturated rings. The van der Waals surface area contributed by atoms with Gasteiger partial charge in [0.25, 0.3) is 0 Å². The van der Waals surface area contributed by atoms with Crippen molar-refractivity contribution in [3.63, 3.8) is 0 Å². The van der Waals surface area contributed by atoms with Crippen LogP contribution >= 0.6 is 0 Å². The molecule has 6 heteroatoms. The van der Waals surface area contributed by atoms with Crippen molar-refractivity contribution in [1.29, 1.82) is 0 Å². The molecule has 126 valence electrons. The van der Waals surface area contributed by atoms with Crippen LogP contribution in [0, 0.1) is 0 Å². The second-order valence-corrected chi connectivity index (χ2v) is 6.44. The van der Waals surface area contributed by atoms with Gasteiger partial charge in [0.2, 0.25) is 5.91 Å². The molecule has 1 aromatic carbocycles. The molecule has 2 heterocycles. The number of nitrogens with one attached hydrogen (secondary N) is 2. The zero-order valence-corrected chi connectivity index (χ0v) is 13.7. The summed E-state index contributed by atoms with van der Waals surface area (Å²) in [5.74, 6) is 2.15. The van der Waals surface area contributed by atoms with Crippen LogP contribution in [0.3, 0.4) is 0 Å². The second kappa shape index (κ2) is 6.19. The highest BCUT2D eigenvalue weighted by Gasteiger charge is 2.29.